The van der Waals surface area contributed by atoms with Gasteiger partial charge in [0, 0.05) is 12.1 Å². The van der Waals surface area contributed by atoms with Crippen molar-refractivity contribution in [2.75, 3.05) is 5.73 Å². The Morgan fingerprint density at radius 2 is 1.96 bits per heavy atom. The summed E-state index contributed by atoms with van der Waals surface area (Å²) in [5.74, 6) is -3.22. The number of carbonyl (C=O) groups is 1. The fraction of sp³-hybridized carbons (Fsp3) is 0. The van der Waals surface area contributed by atoms with Crippen molar-refractivity contribution in [1.29, 1.82) is 0 Å². The molecule has 1 heterocycles. The molecule has 0 aliphatic heterocycles. The summed E-state index contributed by atoms with van der Waals surface area (Å²) in [6.07, 6.45) is 2.13. The van der Waals surface area contributed by atoms with Gasteiger partial charge in [-0.15, -0.1) is 9.64 Å². The molecule has 0 atom stereocenters. The first kappa shape index (κ1) is 18.0. The minimum Gasteiger partial charge on any atom is -0.492 e. The quantitative estimate of drug-likeness (QED) is 0.256. The third kappa shape index (κ3) is 3.94. The molecule has 132 valence electrons. The van der Waals surface area contributed by atoms with Gasteiger partial charge in [-0.3, -0.25) is 4.55 Å². The van der Waals surface area contributed by atoms with Gasteiger partial charge in [-0.2, -0.15) is 8.42 Å². The number of aromatic nitrogens is 1. The summed E-state index contributed by atoms with van der Waals surface area (Å²) in [7, 11) is -4.83. The molecule has 0 radical (unpaired) electrons. The highest BCUT2D eigenvalue weighted by atomic mass is 32.2. The van der Waals surface area contributed by atoms with Crippen molar-refractivity contribution in [3.63, 3.8) is 0 Å². The van der Waals surface area contributed by atoms with Crippen LogP contribution in [0.3, 0.4) is 0 Å². The first-order valence-electron chi connectivity index (χ1n) is 6.38. The van der Waals surface area contributed by atoms with E-state index >= 15 is 0 Å². The second-order valence-corrected chi connectivity index (χ2v) is 6.00. The Balaban J connectivity index is 2.19. The van der Waals surface area contributed by atoms with Gasteiger partial charge in [0.2, 0.25) is 5.88 Å². The number of hydrogen-bond donors (Lipinski definition) is 4. The van der Waals surface area contributed by atoms with Crippen molar-refractivity contribution in [3.05, 3.63) is 40.8 Å². The van der Waals surface area contributed by atoms with Crippen LogP contribution in [-0.4, -0.2) is 33.9 Å². The zero-order valence-electron chi connectivity index (χ0n) is 12.2. The molecule has 0 unspecified atom stereocenters. The number of nitrogen functional groups attached to an aromatic ring is 1. The molecule has 0 bridgehead atoms. The van der Waals surface area contributed by atoms with Crippen molar-refractivity contribution in [1.82, 2.24) is 4.73 Å². The van der Waals surface area contributed by atoms with Crippen LogP contribution >= 0.6 is 0 Å². The number of aromatic hydroxyl groups is 2. The average molecular weight is 369 g/mol. The minimum atomic E-state index is -4.83. The normalized spacial score (nSPS) is 11.6. The lowest BCUT2D eigenvalue weighted by Gasteiger charge is -2.04. The highest BCUT2D eigenvalue weighted by Crippen LogP contribution is 2.30. The van der Waals surface area contributed by atoms with Gasteiger partial charge in [-0.25, -0.2) is 4.79 Å². The fourth-order valence-electron chi connectivity index (χ4n) is 1.77. The summed E-state index contributed by atoms with van der Waals surface area (Å²) in [6.45, 7) is 0. The molecule has 2 aromatic rings. The first-order valence-corrected chi connectivity index (χ1v) is 7.82. The molecule has 0 aliphatic carbocycles. The summed E-state index contributed by atoms with van der Waals surface area (Å²) in [5, 5.41) is 21.7. The molecule has 0 spiro atoms. The fourth-order valence-corrected chi connectivity index (χ4v) is 2.34. The molecule has 12 heteroatoms. The van der Waals surface area contributed by atoms with Crippen LogP contribution < -0.4 is 10.6 Å². The number of rotatable bonds is 5. The molecule has 25 heavy (non-hydrogen) atoms. The predicted octanol–water partition coefficient (Wildman–Crippen LogP) is 0.795. The van der Waals surface area contributed by atoms with Crippen LogP contribution in [0.15, 0.2) is 40.4 Å². The maximum Gasteiger partial charge on any atom is 0.356 e. The Bertz CT molecular complexity index is 977. The van der Waals surface area contributed by atoms with Crippen LogP contribution in [0.2, 0.25) is 0 Å². The third-order valence-electron chi connectivity index (χ3n) is 2.90. The van der Waals surface area contributed by atoms with Crippen LogP contribution in [0.1, 0.15) is 5.56 Å². The van der Waals surface area contributed by atoms with Crippen molar-refractivity contribution in [3.8, 4) is 11.8 Å². The Labute approximate surface area is 140 Å². The van der Waals surface area contributed by atoms with Crippen LogP contribution in [-0.2, 0) is 14.9 Å². The van der Waals surface area contributed by atoms with Crippen molar-refractivity contribution < 1.29 is 32.8 Å². The number of anilines is 1. The molecule has 1 aromatic carbocycles. The Kier molecular flexibility index (Phi) is 4.76. The van der Waals surface area contributed by atoms with Crippen molar-refractivity contribution in [2.24, 2.45) is 5.18 Å². The average Bonchev–Trinajstić information content (AvgIpc) is 2.81. The van der Waals surface area contributed by atoms with E-state index in [1.807, 2.05) is 0 Å². The zero-order chi connectivity index (χ0) is 18.8. The van der Waals surface area contributed by atoms with Crippen LogP contribution in [0.4, 0.5) is 11.4 Å². The Hall–Kier alpha value is -3.38. The second kappa shape index (κ2) is 6.62. The number of nitrogens with zero attached hydrogens (tertiary/aromatic N) is 2. The van der Waals surface area contributed by atoms with E-state index in [2.05, 4.69) is 10.0 Å². The van der Waals surface area contributed by atoms with E-state index in [9.17, 15) is 28.3 Å². The Morgan fingerprint density at radius 1 is 1.28 bits per heavy atom. The van der Waals surface area contributed by atoms with Crippen molar-refractivity contribution >= 4 is 33.5 Å². The van der Waals surface area contributed by atoms with Gasteiger partial charge >= 0.3 is 5.97 Å². The van der Waals surface area contributed by atoms with Gasteiger partial charge in [0.1, 0.15) is 5.69 Å². The second-order valence-electron chi connectivity index (χ2n) is 4.61. The minimum absolute atomic E-state index is 0.0275. The maximum atomic E-state index is 11.7. The topological polar surface area (TPSA) is 182 Å². The molecule has 0 fully saturated rings. The van der Waals surface area contributed by atoms with Gasteiger partial charge in [-0.05, 0) is 28.9 Å². The van der Waals surface area contributed by atoms with E-state index < -0.39 is 32.7 Å². The molecule has 2 rings (SSSR count). The van der Waals surface area contributed by atoms with Gasteiger partial charge in [0.05, 0.1) is 5.69 Å². The number of hydrogen-bond acceptors (Lipinski definition) is 9. The van der Waals surface area contributed by atoms with E-state index in [0.717, 1.165) is 6.08 Å². The van der Waals surface area contributed by atoms with E-state index in [1.165, 1.54) is 24.3 Å². The van der Waals surface area contributed by atoms with Crippen LogP contribution in [0.25, 0.3) is 6.08 Å². The highest BCUT2D eigenvalue weighted by molar-refractivity contribution is 7.86. The lowest BCUT2D eigenvalue weighted by molar-refractivity contribution is -0.139. The summed E-state index contributed by atoms with van der Waals surface area (Å²) in [6, 6.07) is 4.63. The molecular weight excluding hydrogens is 358 g/mol. The van der Waals surface area contributed by atoms with Crippen LogP contribution in [0, 0.1) is 4.91 Å². The van der Waals surface area contributed by atoms with Gasteiger partial charge in [-0.1, -0.05) is 6.07 Å². The Morgan fingerprint density at radius 3 is 2.48 bits per heavy atom. The van der Waals surface area contributed by atoms with Gasteiger partial charge < -0.3 is 20.8 Å². The van der Waals surface area contributed by atoms with Crippen molar-refractivity contribution in [2.45, 2.75) is 4.90 Å². The monoisotopic (exact) mass is 369 g/mol. The van der Waals surface area contributed by atoms with E-state index in [4.69, 9.17) is 10.3 Å². The number of nitroso groups, excluding NO2 is 1. The summed E-state index contributed by atoms with van der Waals surface area (Å²) in [4.78, 5) is 25.6. The summed E-state index contributed by atoms with van der Waals surface area (Å²) >= 11 is 0. The van der Waals surface area contributed by atoms with E-state index in [1.54, 1.807) is 0 Å². The standard InChI is InChI=1S/C13H11N3O8S/c14-8-5-7(1-3-9(8)15-20)2-4-12(18)24-16-11(17)6-10(13(16)19)25(21,22)23/h1-6,17,19H,14H2,(H,21,22,23). The molecule has 0 saturated carbocycles. The molecule has 0 aliphatic rings. The number of carbonyl (C=O) groups excluding carboxylic acids is 1. The predicted molar refractivity (Wildman–Crippen MR) is 84.5 cm³/mol. The third-order valence-corrected chi connectivity index (χ3v) is 3.76. The lowest BCUT2D eigenvalue weighted by Crippen LogP contribution is -2.16. The number of benzene rings is 1. The number of nitrogens with two attached hydrogens (primary N) is 1. The largest absolute Gasteiger partial charge is 0.492 e. The molecule has 1 aromatic heterocycles. The van der Waals surface area contributed by atoms with Gasteiger partial charge in [0.25, 0.3) is 16.0 Å². The molecular formula is C13H11N3O8S. The lowest BCUT2D eigenvalue weighted by atomic mass is 10.1. The smallest absolute Gasteiger partial charge is 0.356 e. The highest BCUT2D eigenvalue weighted by Gasteiger charge is 2.25. The zero-order valence-corrected chi connectivity index (χ0v) is 13.0. The molecule has 5 N–H and O–H groups in total. The summed E-state index contributed by atoms with van der Waals surface area (Å²) < 4.78 is 30.9. The van der Waals surface area contributed by atoms with E-state index in [0.29, 0.717) is 11.6 Å². The first-order chi connectivity index (χ1) is 11.6. The maximum absolute atomic E-state index is 11.7. The summed E-state index contributed by atoms with van der Waals surface area (Å²) in [5.41, 5.74) is 6.08. The van der Waals surface area contributed by atoms with E-state index in [-0.39, 0.29) is 16.1 Å². The SMILES string of the molecule is Nc1cc(C=CC(=O)On2c(O)cc(S(=O)(=O)O)c2O)ccc1N=O. The molecule has 11 nitrogen and oxygen atoms in total. The molecule has 0 saturated heterocycles. The van der Waals surface area contributed by atoms with Gasteiger partial charge in [0.15, 0.2) is 4.90 Å². The van der Waals surface area contributed by atoms with Crippen LogP contribution in [0.5, 0.6) is 11.8 Å². The molecule has 0 amide bonds.